The zero-order valence-corrected chi connectivity index (χ0v) is 8.90. The third-order valence-electron chi connectivity index (χ3n) is 2.27. The van der Waals surface area contributed by atoms with Gasteiger partial charge in [0.1, 0.15) is 6.04 Å². The lowest BCUT2D eigenvalue weighted by molar-refractivity contribution is -0.139. The van der Waals surface area contributed by atoms with Crippen LogP contribution in [0.15, 0.2) is 18.2 Å². The van der Waals surface area contributed by atoms with Crippen LogP contribution in [-0.4, -0.2) is 22.2 Å². The van der Waals surface area contributed by atoms with Crippen molar-refractivity contribution in [3.05, 3.63) is 29.6 Å². The molecule has 1 atom stereocenters. The van der Waals surface area contributed by atoms with Gasteiger partial charge in [-0.1, -0.05) is 13.0 Å². The van der Waals surface area contributed by atoms with Gasteiger partial charge in [-0.2, -0.15) is 0 Å². The fourth-order valence-corrected chi connectivity index (χ4v) is 1.31. The minimum Gasteiger partial charge on any atom is -0.505 e. The molecular weight excluding hydrogens is 213 g/mol. The monoisotopic (exact) mass is 227 g/mol. The summed E-state index contributed by atoms with van der Waals surface area (Å²) in [5.41, 5.74) is 0.593. The molecule has 0 aliphatic carbocycles. The Morgan fingerprint density at radius 2 is 2.25 bits per heavy atom. The number of carbonyl (C=O) groups is 1. The Morgan fingerprint density at radius 3 is 2.75 bits per heavy atom. The average Bonchev–Trinajstić information content (AvgIpc) is 2.23. The van der Waals surface area contributed by atoms with E-state index in [2.05, 4.69) is 5.32 Å². The van der Waals surface area contributed by atoms with Crippen LogP contribution >= 0.6 is 0 Å². The van der Waals surface area contributed by atoms with E-state index in [0.29, 0.717) is 12.0 Å². The molecule has 1 rings (SSSR count). The number of benzene rings is 1. The van der Waals surface area contributed by atoms with Crippen LogP contribution in [0.3, 0.4) is 0 Å². The van der Waals surface area contributed by atoms with Gasteiger partial charge < -0.3 is 15.5 Å². The third kappa shape index (κ3) is 3.20. The van der Waals surface area contributed by atoms with Gasteiger partial charge in [-0.15, -0.1) is 0 Å². The topological polar surface area (TPSA) is 69.6 Å². The second-order valence-electron chi connectivity index (χ2n) is 3.47. The van der Waals surface area contributed by atoms with Crippen molar-refractivity contribution in [3.8, 4) is 5.75 Å². The van der Waals surface area contributed by atoms with Gasteiger partial charge in [-0.25, -0.2) is 4.39 Å². The summed E-state index contributed by atoms with van der Waals surface area (Å²) in [5.74, 6) is -2.04. The zero-order valence-electron chi connectivity index (χ0n) is 8.90. The first-order valence-corrected chi connectivity index (χ1v) is 4.98. The highest BCUT2D eigenvalue weighted by Gasteiger charge is 2.13. The first kappa shape index (κ1) is 12.4. The molecule has 5 heteroatoms. The minimum atomic E-state index is -0.929. The Bertz CT molecular complexity index is 381. The van der Waals surface area contributed by atoms with Gasteiger partial charge in [0.05, 0.1) is 0 Å². The number of nitrogens with one attached hydrogen (secondary N) is 1. The number of halogens is 1. The van der Waals surface area contributed by atoms with E-state index >= 15 is 0 Å². The van der Waals surface area contributed by atoms with Crippen LogP contribution in [0.4, 0.5) is 4.39 Å². The van der Waals surface area contributed by atoms with Crippen LogP contribution in [0, 0.1) is 5.82 Å². The second-order valence-corrected chi connectivity index (χ2v) is 3.47. The van der Waals surface area contributed by atoms with Crippen molar-refractivity contribution in [2.24, 2.45) is 0 Å². The number of phenolic OH excluding ortho intramolecular Hbond substituents is 1. The maximum atomic E-state index is 13.0. The van der Waals surface area contributed by atoms with Gasteiger partial charge in [0.15, 0.2) is 11.6 Å². The van der Waals surface area contributed by atoms with Crippen molar-refractivity contribution in [1.29, 1.82) is 0 Å². The van der Waals surface area contributed by atoms with Crippen molar-refractivity contribution in [2.75, 3.05) is 0 Å². The number of phenols is 1. The van der Waals surface area contributed by atoms with Crippen LogP contribution in [-0.2, 0) is 11.3 Å². The minimum absolute atomic E-state index is 0.252. The van der Waals surface area contributed by atoms with Gasteiger partial charge in [-0.3, -0.25) is 4.79 Å². The van der Waals surface area contributed by atoms with Crippen LogP contribution in [0.5, 0.6) is 5.75 Å². The number of aromatic hydroxyl groups is 1. The molecule has 0 aliphatic heterocycles. The predicted molar refractivity (Wildman–Crippen MR) is 56.6 cm³/mol. The van der Waals surface area contributed by atoms with Crippen LogP contribution in [0.2, 0.25) is 0 Å². The molecule has 0 fully saturated rings. The lowest BCUT2D eigenvalue weighted by Gasteiger charge is -2.12. The van der Waals surface area contributed by atoms with Crippen molar-refractivity contribution in [2.45, 2.75) is 25.9 Å². The van der Waals surface area contributed by atoms with Gasteiger partial charge >= 0.3 is 5.97 Å². The molecule has 0 amide bonds. The van der Waals surface area contributed by atoms with Crippen molar-refractivity contribution in [1.82, 2.24) is 5.32 Å². The Hall–Kier alpha value is -1.62. The molecule has 0 spiro atoms. The highest BCUT2D eigenvalue weighted by atomic mass is 19.1. The molecule has 16 heavy (non-hydrogen) atoms. The molecule has 0 bridgehead atoms. The lowest BCUT2D eigenvalue weighted by atomic mass is 10.1. The Balaban J connectivity index is 2.60. The molecule has 1 unspecified atom stereocenters. The average molecular weight is 227 g/mol. The third-order valence-corrected chi connectivity index (χ3v) is 2.27. The van der Waals surface area contributed by atoms with Crippen LogP contribution < -0.4 is 5.32 Å². The number of rotatable bonds is 5. The largest absolute Gasteiger partial charge is 0.505 e. The normalized spacial score (nSPS) is 12.4. The molecule has 1 aromatic rings. The fraction of sp³-hybridized carbons (Fsp3) is 0.364. The molecule has 0 radical (unpaired) electrons. The van der Waals surface area contributed by atoms with Crippen molar-refractivity contribution >= 4 is 5.97 Å². The first-order valence-electron chi connectivity index (χ1n) is 4.98. The smallest absolute Gasteiger partial charge is 0.320 e. The van der Waals surface area contributed by atoms with E-state index < -0.39 is 23.6 Å². The quantitative estimate of drug-likeness (QED) is 0.712. The zero-order chi connectivity index (χ0) is 12.1. The number of carboxylic acids is 1. The van der Waals surface area contributed by atoms with Crippen molar-refractivity contribution in [3.63, 3.8) is 0 Å². The van der Waals surface area contributed by atoms with Gasteiger partial charge in [0.25, 0.3) is 0 Å². The molecule has 4 nitrogen and oxygen atoms in total. The number of carboxylic acid groups (broad SMARTS) is 1. The van der Waals surface area contributed by atoms with E-state index in [1.165, 1.54) is 12.1 Å². The first-order chi connectivity index (χ1) is 7.54. The summed E-state index contributed by atoms with van der Waals surface area (Å²) < 4.78 is 13.0. The maximum absolute atomic E-state index is 13.0. The fourth-order valence-electron chi connectivity index (χ4n) is 1.31. The van der Waals surface area contributed by atoms with Gasteiger partial charge in [0, 0.05) is 6.54 Å². The number of aliphatic carboxylic acids is 1. The summed E-state index contributed by atoms with van der Waals surface area (Å²) in [6.07, 6.45) is 0.454. The predicted octanol–water partition coefficient (Wildman–Crippen LogP) is 1.48. The van der Waals surface area contributed by atoms with Crippen LogP contribution in [0.25, 0.3) is 0 Å². The molecule has 3 N–H and O–H groups in total. The van der Waals surface area contributed by atoms with E-state index in [4.69, 9.17) is 10.2 Å². The molecule has 1 aromatic carbocycles. The van der Waals surface area contributed by atoms with Gasteiger partial charge in [-0.05, 0) is 24.1 Å². The molecular formula is C11H14FNO3. The summed E-state index contributed by atoms with van der Waals surface area (Å²) in [4.78, 5) is 10.7. The van der Waals surface area contributed by atoms with Crippen LogP contribution in [0.1, 0.15) is 18.9 Å². The molecule has 0 saturated carbocycles. The summed E-state index contributed by atoms with van der Waals surface area (Å²) in [5, 5.41) is 20.5. The molecule has 0 heterocycles. The van der Waals surface area contributed by atoms with E-state index in [9.17, 15) is 9.18 Å². The summed E-state index contributed by atoms with van der Waals surface area (Å²) in [7, 11) is 0. The van der Waals surface area contributed by atoms with Crippen molar-refractivity contribution < 1.29 is 19.4 Å². The molecule has 88 valence electrons. The highest BCUT2D eigenvalue weighted by Crippen LogP contribution is 2.16. The Kier molecular flexibility index (Phi) is 4.25. The van der Waals surface area contributed by atoms with E-state index in [1.54, 1.807) is 13.0 Å². The summed E-state index contributed by atoms with van der Waals surface area (Å²) in [6.45, 7) is 2.01. The SMILES string of the molecule is CCC(NCc1ccc(O)c(F)c1)C(=O)O. The second kappa shape index (κ2) is 5.46. The number of hydrogen-bond donors (Lipinski definition) is 3. The maximum Gasteiger partial charge on any atom is 0.320 e. The number of hydrogen-bond acceptors (Lipinski definition) is 3. The Morgan fingerprint density at radius 1 is 1.56 bits per heavy atom. The molecule has 0 aromatic heterocycles. The highest BCUT2D eigenvalue weighted by molar-refractivity contribution is 5.73. The molecule has 0 aliphatic rings. The summed E-state index contributed by atoms with van der Waals surface area (Å²) in [6, 6.07) is 3.32. The van der Waals surface area contributed by atoms with E-state index in [0.717, 1.165) is 0 Å². The van der Waals surface area contributed by atoms with E-state index in [1.807, 2.05) is 0 Å². The lowest BCUT2D eigenvalue weighted by Crippen LogP contribution is -2.35. The van der Waals surface area contributed by atoms with E-state index in [-0.39, 0.29) is 6.54 Å². The Labute approximate surface area is 92.7 Å². The molecule has 0 saturated heterocycles. The standard InChI is InChI=1S/C11H14FNO3/c1-2-9(11(15)16)13-6-7-3-4-10(14)8(12)5-7/h3-5,9,13-14H,2,6H2,1H3,(H,15,16). The summed E-state index contributed by atoms with van der Waals surface area (Å²) >= 11 is 0. The van der Waals surface area contributed by atoms with Gasteiger partial charge in [0.2, 0.25) is 0 Å².